The largest absolute Gasteiger partial charge is 0.635 e. The number of hydrogen-bond donors (Lipinski definition) is 3. The SMILES string of the molecule is CCCCC(N)OB(O)O. The Morgan fingerprint density at radius 3 is 2.60 bits per heavy atom. The van der Waals surface area contributed by atoms with Crippen LogP contribution in [0.25, 0.3) is 0 Å². The lowest BCUT2D eigenvalue weighted by atomic mass is 10.2. The van der Waals surface area contributed by atoms with E-state index in [4.69, 9.17) is 15.8 Å². The van der Waals surface area contributed by atoms with Crippen molar-refractivity contribution in [3.05, 3.63) is 0 Å². The normalized spacial score (nSPS) is 13.2. The maximum atomic E-state index is 8.28. The van der Waals surface area contributed by atoms with Crippen LogP contribution in [0.2, 0.25) is 0 Å². The minimum absolute atomic E-state index is 0.556. The molecule has 4 nitrogen and oxygen atoms in total. The zero-order valence-corrected chi connectivity index (χ0v) is 6.16. The van der Waals surface area contributed by atoms with Crippen LogP contribution in [-0.2, 0) is 4.65 Å². The Bertz CT molecular complexity index is 81.3. The van der Waals surface area contributed by atoms with Crippen LogP contribution in [0.5, 0.6) is 0 Å². The van der Waals surface area contributed by atoms with Crippen molar-refractivity contribution in [1.29, 1.82) is 0 Å². The molecule has 10 heavy (non-hydrogen) atoms. The molecule has 0 bridgehead atoms. The fraction of sp³-hybridized carbons (Fsp3) is 1.00. The summed E-state index contributed by atoms with van der Waals surface area (Å²) in [6.07, 6.45) is 2.07. The zero-order valence-electron chi connectivity index (χ0n) is 6.16. The number of hydrogen-bond acceptors (Lipinski definition) is 4. The van der Waals surface area contributed by atoms with Gasteiger partial charge in [-0.1, -0.05) is 13.3 Å². The molecule has 5 heteroatoms. The van der Waals surface area contributed by atoms with Crippen molar-refractivity contribution in [1.82, 2.24) is 0 Å². The maximum Gasteiger partial charge on any atom is 0.635 e. The highest BCUT2D eigenvalue weighted by Gasteiger charge is 2.13. The van der Waals surface area contributed by atoms with E-state index in [1.807, 2.05) is 6.92 Å². The van der Waals surface area contributed by atoms with Crippen molar-refractivity contribution >= 4 is 7.32 Å². The molecule has 0 aliphatic rings. The summed E-state index contributed by atoms with van der Waals surface area (Å²) in [6.45, 7) is 2.03. The predicted molar refractivity (Wildman–Crippen MR) is 38.8 cm³/mol. The summed E-state index contributed by atoms with van der Waals surface area (Å²) in [6, 6.07) is 0. The molecule has 0 fully saturated rings. The Hall–Kier alpha value is -0.0951. The lowest BCUT2D eigenvalue weighted by Gasteiger charge is -2.10. The molecular weight excluding hydrogens is 133 g/mol. The van der Waals surface area contributed by atoms with Gasteiger partial charge in [0.15, 0.2) is 0 Å². The van der Waals surface area contributed by atoms with Gasteiger partial charge in [0.25, 0.3) is 0 Å². The summed E-state index contributed by atoms with van der Waals surface area (Å²) in [5.41, 5.74) is 5.32. The van der Waals surface area contributed by atoms with E-state index in [0.717, 1.165) is 12.8 Å². The molecule has 1 unspecified atom stereocenters. The molecule has 0 aromatic carbocycles. The van der Waals surface area contributed by atoms with Crippen LogP contribution in [0.3, 0.4) is 0 Å². The number of rotatable bonds is 5. The van der Waals surface area contributed by atoms with Crippen molar-refractivity contribution in [2.45, 2.75) is 32.4 Å². The van der Waals surface area contributed by atoms with Crippen LogP contribution < -0.4 is 5.73 Å². The van der Waals surface area contributed by atoms with E-state index in [2.05, 4.69) is 4.65 Å². The minimum atomic E-state index is -1.74. The van der Waals surface area contributed by atoms with Crippen LogP contribution in [0.4, 0.5) is 0 Å². The molecule has 0 spiro atoms. The first kappa shape index (κ1) is 9.90. The Balaban J connectivity index is 3.16. The first-order chi connectivity index (χ1) is 4.66. The molecule has 0 saturated carbocycles. The highest BCUT2D eigenvalue weighted by Crippen LogP contribution is 1.98. The minimum Gasteiger partial charge on any atom is -0.402 e. The van der Waals surface area contributed by atoms with Gasteiger partial charge in [-0.3, -0.25) is 0 Å². The third kappa shape index (κ3) is 6.03. The molecule has 4 N–H and O–H groups in total. The quantitative estimate of drug-likeness (QED) is 0.360. The number of nitrogens with two attached hydrogens (primary N) is 1. The van der Waals surface area contributed by atoms with Crippen LogP contribution in [0, 0.1) is 0 Å². The van der Waals surface area contributed by atoms with Crippen LogP contribution in [0.15, 0.2) is 0 Å². The average molecular weight is 147 g/mol. The Kier molecular flexibility index (Phi) is 5.62. The molecule has 0 rings (SSSR count). The summed E-state index contributed by atoms with van der Waals surface area (Å²) in [7, 11) is -1.74. The molecule has 60 valence electrons. The molecule has 0 radical (unpaired) electrons. The van der Waals surface area contributed by atoms with Gasteiger partial charge in [0.05, 0.1) is 6.23 Å². The third-order valence-corrected chi connectivity index (χ3v) is 1.14. The van der Waals surface area contributed by atoms with E-state index < -0.39 is 13.5 Å². The molecule has 0 aromatic rings. The second-order valence-electron chi connectivity index (χ2n) is 2.14. The van der Waals surface area contributed by atoms with Gasteiger partial charge < -0.3 is 20.4 Å². The number of unbranched alkanes of at least 4 members (excludes halogenated alkanes) is 1. The molecule has 0 amide bonds. The van der Waals surface area contributed by atoms with Gasteiger partial charge in [-0.2, -0.15) is 0 Å². The summed E-state index contributed by atoms with van der Waals surface area (Å²) in [4.78, 5) is 0. The van der Waals surface area contributed by atoms with Gasteiger partial charge in [0, 0.05) is 0 Å². The van der Waals surface area contributed by atoms with E-state index in [0.29, 0.717) is 6.42 Å². The van der Waals surface area contributed by atoms with Gasteiger partial charge in [-0.15, -0.1) is 0 Å². The lowest BCUT2D eigenvalue weighted by molar-refractivity contribution is 0.114. The summed E-state index contributed by atoms with van der Waals surface area (Å²) < 4.78 is 4.44. The Morgan fingerprint density at radius 1 is 1.60 bits per heavy atom. The van der Waals surface area contributed by atoms with Crippen molar-refractivity contribution in [3.63, 3.8) is 0 Å². The molecule has 0 saturated heterocycles. The van der Waals surface area contributed by atoms with Crippen molar-refractivity contribution < 1.29 is 14.7 Å². The summed E-state index contributed by atoms with van der Waals surface area (Å²) >= 11 is 0. The van der Waals surface area contributed by atoms with Crippen LogP contribution in [-0.4, -0.2) is 23.6 Å². The summed E-state index contributed by atoms with van der Waals surface area (Å²) in [5.74, 6) is 0. The molecule has 1 atom stereocenters. The average Bonchev–Trinajstić information content (AvgIpc) is 1.82. The Labute approximate surface area is 61.2 Å². The van der Waals surface area contributed by atoms with Gasteiger partial charge in [0.1, 0.15) is 0 Å². The molecule has 0 aromatic heterocycles. The first-order valence-corrected chi connectivity index (χ1v) is 3.44. The fourth-order valence-corrected chi connectivity index (χ4v) is 0.630. The topological polar surface area (TPSA) is 75.7 Å². The van der Waals surface area contributed by atoms with Crippen molar-refractivity contribution in [3.8, 4) is 0 Å². The standard InChI is InChI=1S/C5H14BNO3/c1-2-3-4-5(7)10-6(8)9/h5,8-9H,2-4,7H2,1H3. The van der Waals surface area contributed by atoms with Crippen LogP contribution >= 0.6 is 0 Å². The van der Waals surface area contributed by atoms with E-state index >= 15 is 0 Å². The second kappa shape index (κ2) is 5.67. The monoisotopic (exact) mass is 147 g/mol. The van der Waals surface area contributed by atoms with E-state index in [1.54, 1.807) is 0 Å². The summed E-state index contributed by atoms with van der Waals surface area (Å²) in [5, 5.41) is 16.6. The van der Waals surface area contributed by atoms with Crippen LogP contribution in [0.1, 0.15) is 26.2 Å². The third-order valence-electron chi connectivity index (χ3n) is 1.14. The van der Waals surface area contributed by atoms with Gasteiger partial charge in [-0.05, 0) is 12.8 Å². The predicted octanol–water partition coefficient (Wildman–Crippen LogP) is -0.552. The van der Waals surface area contributed by atoms with Crippen molar-refractivity contribution in [2.24, 2.45) is 5.73 Å². The van der Waals surface area contributed by atoms with E-state index in [9.17, 15) is 0 Å². The second-order valence-corrected chi connectivity index (χ2v) is 2.14. The van der Waals surface area contributed by atoms with Crippen molar-refractivity contribution in [2.75, 3.05) is 0 Å². The van der Waals surface area contributed by atoms with Gasteiger partial charge in [0.2, 0.25) is 0 Å². The Morgan fingerprint density at radius 2 is 2.20 bits per heavy atom. The van der Waals surface area contributed by atoms with E-state index in [-0.39, 0.29) is 0 Å². The zero-order chi connectivity index (χ0) is 7.98. The fourth-order valence-electron chi connectivity index (χ4n) is 0.630. The smallest absolute Gasteiger partial charge is 0.402 e. The molecular formula is C5H14BNO3. The first-order valence-electron chi connectivity index (χ1n) is 3.44. The molecule has 0 aliphatic heterocycles. The van der Waals surface area contributed by atoms with E-state index in [1.165, 1.54) is 0 Å². The highest BCUT2D eigenvalue weighted by atomic mass is 16.6. The molecule has 0 heterocycles. The van der Waals surface area contributed by atoms with Gasteiger partial charge >= 0.3 is 7.32 Å². The maximum absolute atomic E-state index is 8.28. The van der Waals surface area contributed by atoms with Gasteiger partial charge in [-0.25, -0.2) is 0 Å². The lowest BCUT2D eigenvalue weighted by Crippen LogP contribution is -2.32. The highest BCUT2D eigenvalue weighted by molar-refractivity contribution is 6.32. The molecule has 0 aliphatic carbocycles.